The van der Waals surface area contributed by atoms with Crippen LogP contribution in [0.3, 0.4) is 0 Å². The minimum absolute atomic E-state index is 0.158. The summed E-state index contributed by atoms with van der Waals surface area (Å²) in [6.45, 7) is 2.49. The van der Waals surface area contributed by atoms with E-state index in [4.69, 9.17) is 0 Å². The summed E-state index contributed by atoms with van der Waals surface area (Å²) in [5.74, 6) is 0.137. The number of carbonyl (C=O) groups is 2. The summed E-state index contributed by atoms with van der Waals surface area (Å²) in [5.41, 5.74) is 2.22. The Labute approximate surface area is 163 Å². The van der Waals surface area contributed by atoms with Crippen molar-refractivity contribution < 1.29 is 9.59 Å². The number of amides is 2. The Hall–Kier alpha value is -2.97. The topological polar surface area (TPSA) is 86.9 Å². The van der Waals surface area contributed by atoms with Crippen LogP contribution in [0.1, 0.15) is 30.5 Å². The van der Waals surface area contributed by atoms with Gasteiger partial charge in [0.2, 0.25) is 0 Å². The summed E-state index contributed by atoms with van der Waals surface area (Å²) < 4.78 is 0. The van der Waals surface area contributed by atoms with Gasteiger partial charge < -0.3 is 10.6 Å². The number of aromatic amines is 1. The molecular weight excluding hydrogens is 380 g/mol. The van der Waals surface area contributed by atoms with Crippen LogP contribution in [0.2, 0.25) is 0 Å². The van der Waals surface area contributed by atoms with Crippen molar-refractivity contribution >= 4 is 50.5 Å². The number of hydrogen-bond donors (Lipinski definition) is 3. The largest absolute Gasteiger partial charge is 0.347 e. The molecule has 2 amide bonds. The van der Waals surface area contributed by atoms with E-state index in [0.29, 0.717) is 26.9 Å². The molecule has 27 heavy (non-hydrogen) atoms. The maximum absolute atomic E-state index is 12.4. The van der Waals surface area contributed by atoms with Gasteiger partial charge in [-0.2, -0.15) is 5.10 Å². The molecule has 136 valence electrons. The average molecular weight is 396 g/mol. The Balaban J connectivity index is 1.46. The average Bonchev–Trinajstić information content (AvgIpc) is 3.39. The van der Waals surface area contributed by atoms with Crippen molar-refractivity contribution in [3.05, 3.63) is 68.7 Å². The Bertz CT molecular complexity index is 1090. The third-order valence-corrected chi connectivity index (χ3v) is 5.93. The smallest absolute Gasteiger partial charge is 0.266 e. The van der Waals surface area contributed by atoms with E-state index in [1.165, 1.54) is 28.2 Å². The Kier molecular flexibility index (Phi) is 4.74. The van der Waals surface area contributed by atoms with Crippen LogP contribution in [-0.4, -0.2) is 22.0 Å². The Morgan fingerprint density at radius 2 is 1.93 bits per heavy atom. The van der Waals surface area contributed by atoms with Gasteiger partial charge in [-0.1, -0.05) is 35.9 Å². The number of aryl methyl sites for hydroxylation is 1. The minimum Gasteiger partial charge on any atom is -0.347 e. The lowest BCUT2D eigenvalue weighted by molar-refractivity contribution is 0.0954. The van der Waals surface area contributed by atoms with Crippen LogP contribution in [0, 0.1) is 6.92 Å². The molecule has 0 spiro atoms. The van der Waals surface area contributed by atoms with Crippen molar-refractivity contribution in [3.8, 4) is 0 Å². The van der Waals surface area contributed by atoms with E-state index in [-0.39, 0.29) is 11.8 Å². The van der Waals surface area contributed by atoms with Crippen LogP contribution in [0.5, 0.6) is 0 Å². The zero-order chi connectivity index (χ0) is 18.8. The van der Waals surface area contributed by atoms with E-state index >= 15 is 0 Å². The number of rotatable bonds is 5. The second-order valence-electron chi connectivity index (χ2n) is 6.03. The lowest BCUT2D eigenvalue weighted by Crippen LogP contribution is -2.21. The standard InChI is InChI=1S/C19H16N4O2S2/c1-11-4-6-12(7-5-11)10-20-17(24)15-9-13-16(22-23-19(13)27-15)21-18(25)14-3-2-8-26-14/h2-9H,10H2,1H3,(H,20,24)(H2,21,22,23,25). The summed E-state index contributed by atoms with van der Waals surface area (Å²) in [6, 6.07) is 13.4. The lowest BCUT2D eigenvalue weighted by atomic mass is 10.1. The molecular formula is C19H16N4O2S2. The molecule has 0 bridgehead atoms. The summed E-state index contributed by atoms with van der Waals surface area (Å²) in [6.07, 6.45) is 0. The number of hydrogen-bond acceptors (Lipinski definition) is 5. The molecule has 3 heterocycles. The van der Waals surface area contributed by atoms with Crippen molar-refractivity contribution in [2.45, 2.75) is 13.5 Å². The molecule has 3 N–H and O–H groups in total. The summed E-state index contributed by atoms with van der Waals surface area (Å²) in [7, 11) is 0. The van der Waals surface area contributed by atoms with Gasteiger partial charge in [0.25, 0.3) is 11.8 Å². The molecule has 0 fully saturated rings. The van der Waals surface area contributed by atoms with Gasteiger partial charge in [-0.25, -0.2) is 0 Å². The maximum atomic E-state index is 12.4. The van der Waals surface area contributed by atoms with Crippen LogP contribution in [0.4, 0.5) is 5.82 Å². The highest BCUT2D eigenvalue weighted by molar-refractivity contribution is 7.20. The van der Waals surface area contributed by atoms with Crippen molar-refractivity contribution in [1.82, 2.24) is 15.5 Å². The zero-order valence-corrected chi connectivity index (χ0v) is 16.0. The number of benzene rings is 1. The predicted molar refractivity (Wildman–Crippen MR) is 109 cm³/mol. The van der Waals surface area contributed by atoms with E-state index in [1.807, 2.05) is 42.6 Å². The molecule has 0 atom stereocenters. The number of fused-ring (bicyclic) bond motifs is 1. The third-order valence-electron chi connectivity index (χ3n) is 4.03. The molecule has 0 unspecified atom stereocenters. The Morgan fingerprint density at radius 3 is 2.67 bits per heavy atom. The van der Waals surface area contributed by atoms with Crippen LogP contribution >= 0.6 is 22.7 Å². The van der Waals surface area contributed by atoms with Gasteiger partial charge >= 0.3 is 0 Å². The first-order valence-electron chi connectivity index (χ1n) is 8.26. The first-order valence-corrected chi connectivity index (χ1v) is 9.96. The van der Waals surface area contributed by atoms with E-state index in [1.54, 1.807) is 12.1 Å². The number of H-pyrrole nitrogens is 1. The van der Waals surface area contributed by atoms with Gasteiger partial charge in [0.15, 0.2) is 0 Å². The van der Waals surface area contributed by atoms with Gasteiger partial charge in [-0.15, -0.1) is 22.7 Å². The molecule has 0 aliphatic heterocycles. The molecule has 6 nitrogen and oxygen atoms in total. The number of anilines is 1. The van der Waals surface area contributed by atoms with Crippen molar-refractivity contribution in [3.63, 3.8) is 0 Å². The normalized spacial score (nSPS) is 10.9. The van der Waals surface area contributed by atoms with Gasteiger partial charge in [0.1, 0.15) is 10.6 Å². The summed E-state index contributed by atoms with van der Waals surface area (Å²) in [4.78, 5) is 26.5. The van der Waals surface area contributed by atoms with E-state index in [2.05, 4.69) is 20.8 Å². The molecule has 0 aliphatic carbocycles. The molecule has 0 radical (unpaired) electrons. The van der Waals surface area contributed by atoms with Gasteiger partial charge in [0, 0.05) is 6.54 Å². The quantitative estimate of drug-likeness (QED) is 0.473. The van der Waals surface area contributed by atoms with Crippen molar-refractivity contribution in [2.24, 2.45) is 0 Å². The molecule has 1 aromatic carbocycles. The SMILES string of the molecule is Cc1ccc(CNC(=O)c2cc3c(NC(=O)c4cccs4)[nH]nc3s2)cc1. The van der Waals surface area contributed by atoms with Gasteiger partial charge in [0.05, 0.1) is 15.1 Å². The second-order valence-corrected chi connectivity index (χ2v) is 8.01. The Morgan fingerprint density at radius 1 is 1.11 bits per heavy atom. The van der Waals surface area contributed by atoms with Crippen LogP contribution < -0.4 is 10.6 Å². The molecule has 4 rings (SSSR count). The maximum Gasteiger partial charge on any atom is 0.266 e. The first kappa shape index (κ1) is 17.4. The molecule has 4 aromatic rings. The van der Waals surface area contributed by atoms with Gasteiger partial charge in [-0.3, -0.25) is 14.7 Å². The molecule has 0 saturated heterocycles. The fourth-order valence-corrected chi connectivity index (χ4v) is 4.11. The van der Waals surface area contributed by atoms with E-state index in [0.717, 1.165) is 10.9 Å². The number of carbonyl (C=O) groups excluding carboxylic acids is 2. The van der Waals surface area contributed by atoms with E-state index < -0.39 is 0 Å². The second kappa shape index (κ2) is 7.34. The predicted octanol–water partition coefficient (Wildman–Crippen LogP) is 4.18. The zero-order valence-electron chi connectivity index (χ0n) is 14.4. The first-order chi connectivity index (χ1) is 13.1. The number of thiophene rings is 2. The van der Waals surface area contributed by atoms with Crippen LogP contribution in [0.25, 0.3) is 10.2 Å². The minimum atomic E-state index is -0.202. The van der Waals surface area contributed by atoms with Crippen molar-refractivity contribution in [1.29, 1.82) is 0 Å². The highest BCUT2D eigenvalue weighted by atomic mass is 32.1. The molecule has 3 aromatic heterocycles. The monoisotopic (exact) mass is 396 g/mol. The molecule has 0 aliphatic rings. The van der Waals surface area contributed by atoms with E-state index in [9.17, 15) is 9.59 Å². The van der Waals surface area contributed by atoms with Crippen LogP contribution in [0.15, 0.2) is 47.8 Å². The number of nitrogens with one attached hydrogen (secondary N) is 3. The highest BCUT2D eigenvalue weighted by Gasteiger charge is 2.17. The van der Waals surface area contributed by atoms with Crippen molar-refractivity contribution in [2.75, 3.05) is 5.32 Å². The number of nitrogens with zero attached hydrogens (tertiary/aromatic N) is 1. The summed E-state index contributed by atoms with van der Waals surface area (Å²) >= 11 is 2.65. The lowest BCUT2D eigenvalue weighted by Gasteiger charge is -2.04. The molecule has 8 heteroatoms. The van der Waals surface area contributed by atoms with Crippen LogP contribution in [-0.2, 0) is 6.54 Å². The molecule has 0 saturated carbocycles. The number of aromatic nitrogens is 2. The third kappa shape index (κ3) is 3.76. The highest BCUT2D eigenvalue weighted by Crippen LogP contribution is 2.29. The fraction of sp³-hybridized carbons (Fsp3) is 0.105. The summed E-state index contributed by atoms with van der Waals surface area (Å²) in [5, 5.41) is 15.3. The fourth-order valence-electron chi connectivity index (χ4n) is 2.58. The van der Waals surface area contributed by atoms with Gasteiger partial charge in [-0.05, 0) is 30.0 Å².